The van der Waals surface area contributed by atoms with Crippen molar-refractivity contribution in [3.63, 3.8) is 0 Å². The molecule has 5 rings (SSSR count). The summed E-state index contributed by atoms with van der Waals surface area (Å²) in [6.07, 6.45) is 2.32. The first kappa shape index (κ1) is 33.3. The highest BCUT2D eigenvalue weighted by Gasteiger charge is 2.36. The molecule has 3 aliphatic heterocycles. The van der Waals surface area contributed by atoms with Crippen molar-refractivity contribution in [2.45, 2.75) is 89.0 Å². The first-order valence-corrected chi connectivity index (χ1v) is 15.8. The van der Waals surface area contributed by atoms with Gasteiger partial charge in [-0.2, -0.15) is 0 Å². The van der Waals surface area contributed by atoms with Crippen molar-refractivity contribution in [3.05, 3.63) is 76.1 Å². The quantitative estimate of drug-likeness (QED) is 0.126. The number of rotatable bonds is 12. The summed E-state index contributed by atoms with van der Waals surface area (Å²) < 4.78 is 6.33. The van der Waals surface area contributed by atoms with E-state index >= 15 is 0 Å². The molecule has 244 valence electrons. The molecule has 0 saturated carbocycles. The number of carbonyl (C=O) groups excluding carboxylic acids is 1. The SMILES string of the molecule is CCCC(O)CC(O)CC(=O)CCc1cc(OC2CC#CC(O)c3ccc(C(N)N)cc3CC3=CN=C4C[NH+]2C=C34)c(O)cc1O. The number of ether oxygens (including phenoxy) is 1. The Kier molecular flexibility index (Phi) is 10.6. The molecule has 11 nitrogen and oxygen atoms in total. The van der Waals surface area contributed by atoms with E-state index in [4.69, 9.17) is 16.2 Å². The molecule has 11 heteroatoms. The molecule has 3 aliphatic rings. The normalized spacial score (nSPS) is 21.5. The Labute approximate surface area is 268 Å². The van der Waals surface area contributed by atoms with Crippen molar-refractivity contribution in [2.75, 3.05) is 6.54 Å². The summed E-state index contributed by atoms with van der Waals surface area (Å²) in [7, 11) is 0. The van der Waals surface area contributed by atoms with Crippen molar-refractivity contribution < 1.29 is 40.0 Å². The van der Waals surface area contributed by atoms with Crippen molar-refractivity contribution >= 4 is 11.5 Å². The summed E-state index contributed by atoms with van der Waals surface area (Å²) >= 11 is 0. The van der Waals surface area contributed by atoms with Crippen molar-refractivity contribution in [2.24, 2.45) is 16.5 Å². The van der Waals surface area contributed by atoms with Gasteiger partial charge in [-0.15, -0.1) is 0 Å². The lowest BCUT2D eigenvalue weighted by Gasteiger charge is -2.23. The first-order chi connectivity index (χ1) is 22.0. The summed E-state index contributed by atoms with van der Waals surface area (Å²) in [6.45, 7) is 2.47. The van der Waals surface area contributed by atoms with Gasteiger partial charge in [0.15, 0.2) is 11.5 Å². The Morgan fingerprint density at radius 3 is 2.72 bits per heavy atom. The van der Waals surface area contributed by atoms with Crippen molar-refractivity contribution in [1.29, 1.82) is 0 Å². The van der Waals surface area contributed by atoms with Crippen LogP contribution in [0.2, 0.25) is 0 Å². The van der Waals surface area contributed by atoms with E-state index in [-0.39, 0.29) is 55.1 Å². The number of aliphatic imine (C=N–C) groups is 1. The van der Waals surface area contributed by atoms with E-state index in [2.05, 4.69) is 16.8 Å². The Hall–Kier alpha value is -4.02. The third-order valence-corrected chi connectivity index (χ3v) is 8.63. The van der Waals surface area contributed by atoms with Gasteiger partial charge in [-0.1, -0.05) is 43.4 Å². The fourth-order valence-electron chi connectivity index (χ4n) is 6.14. The Balaban J connectivity index is 1.34. The van der Waals surface area contributed by atoms with Gasteiger partial charge in [0, 0.05) is 31.5 Å². The number of hydrogen-bond donors (Lipinski definition) is 8. The number of aliphatic hydroxyl groups excluding tert-OH is 3. The zero-order valence-electron chi connectivity index (χ0n) is 25.9. The smallest absolute Gasteiger partial charge is 0.247 e. The van der Waals surface area contributed by atoms with E-state index in [1.165, 1.54) is 12.1 Å². The highest BCUT2D eigenvalue weighted by Crippen LogP contribution is 2.35. The fourth-order valence-corrected chi connectivity index (χ4v) is 6.14. The van der Waals surface area contributed by atoms with E-state index < -0.39 is 30.7 Å². The predicted molar refractivity (Wildman–Crippen MR) is 172 cm³/mol. The van der Waals surface area contributed by atoms with Crippen LogP contribution in [0, 0.1) is 11.8 Å². The maximum Gasteiger partial charge on any atom is 0.247 e. The summed E-state index contributed by atoms with van der Waals surface area (Å²) in [5.74, 6) is 5.47. The molecular weight excluding hydrogens is 588 g/mol. The summed E-state index contributed by atoms with van der Waals surface area (Å²) in [5.41, 5.74) is 17.4. The van der Waals surface area contributed by atoms with Crippen LogP contribution < -0.4 is 21.1 Å². The molecule has 0 aliphatic carbocycles. The third-order valence-electron chi connectivity index (χ3n) is 8.63. The number of phenols is 2. The van der Waals surface area contributed by atoms with Crippen molar-refractivity contribution in [1.82, 2.24) is 0 Å². The van der Waals surface area contributed by atoms with Gasteiger partial charge in [0.2, 0.25) is 6.23 Å². The van der Waals surface area contributed by atoms with Crippen LogP contribution in [-0.2, 0) is 17.6 Å². The topological polar surface area (TPSA) is 196 Å². The largest absolute Gasteiger partial charge is 0.508 e. The van der Waals surface area contributed by atoms with Crippen LogP contribution in [0.4, 0.5) is 0 Å². The fraction of sp³-hybridized carbons (Fsp3) is 0.429. The molecule has 3 heterocycles. The molecule has 46 heavy (non-hydrogen) atoms. The molecule has 5 unspecified atom stereocenters. The molecule has 0 saturated heterocycles. The Morgan fingerprint density at radius 2 is 1.96 bits per heavy atom. The monoisotopic (exact) mass is 631 g/mol. The lowest BCUT2D eigenvalue weighted by Crippen LogP contribution is -3.12. The number of ketones is 1. The molecule has 0 radical (unpaired) electrons. The average molecular weight is 632 g/mol. The highest BCUT2D eigenvalue weighted by molar-refractivity contribution is 6.08. The number of aliphatic hydroxyl groups is 3. The van der Waals surface area contributed by atoms with Gasteiger partial charge in [0.1, 0.15) is 42.5 Å². The standard InChI is InChI=1S/C35H42N4O7/c1-2-4-24(40)14-26(42)15-25(41)9-7-20-13-33(32(45)16-31(20)44)46-34-6-3-5-30(43)27-10-8-21(35(36)37)11-22(27)12-23-17-38-29-19-39(34)18-28(23)29/h8,10-11,13,16-18,24,26,30,34-35,40,42-45H,2,4,6-7,9,12,14-15,19,36-37H2,1H3/p+1. The van der Waals surface area contributed by atoms with Crippen LogP contribution in [0.1, 0.15) is 80.0 Å². The van der Waals surface area contributed by atoms with Gasteiger partial charge < -0.3 is 41.7 Å². The molecule has 5 atom stereocenters. The second kappa shape index (κ2) is 14.6. The zero-order valence-corrected chi connectivity index (χ0v) is 25.9. The number of aromatic hydroxyl groups is 2. The second-order valence-electron chi connectivity index (χ2n) is 12.3. The molecule has 0 fully saturated rings. The number of allylic oxidation sites excluding steroid dienone is 1. The number of hydrogen-bond acceptors (Lipinski definition) is 10. The minimum Gasteiger partial charge on any atom is -0.508 e. The number of nitrogens with one attached hydrogen (secondary N) is 1. The molecular formula is C35H43N4O7+. The van der Waals surface area contributed by atoms with Crippen LogP contribution >= 0.6 is 0 Å². The molecule has 2 aromatic carbocycles. The van der Waals surface area contributed by atoms with Gasteiger partial charge in [0.25, 0.3) is 0 Å². The minimum atomic E-state index is -1.06. The molecule has 0 spiro atoms. The number of nitrogens with two attached hydrogens (primary N) is 2. The van der Waals surface area contributed by atoms with E-state index in [1.807, 2.05) is 25.4 Å². The average Bonchev–Trinajstić information content (AvgIpc) is 3.58. The van der Waals surface area contributed by atoms with Crippen molar-refractivity contribution in [3.8, 4) is 29.1 Å². The van der Waals surface area contributed by atoms with Crippen LogP contribution in [0.15, 0.2) is 58.9 Å². The number of fused-ring (bicyclic) bond motifs is 2. The van der Waals surface area contributed by atoms with Gasteiger partial charge in [-0.3, -0.25) is 14.7 Å². The minimum absolute atomic E-state index is 0.0596. The summed E-state index contributed by atoms with van der Waals surface area (Å²) in [4.78, 5) is 18.1. The third kappa shape index (κ3) is 7.85. The highest BCUT2D eigenvalue weighted by atomic mass is 16.5. The van der Waals surface area contributed by atoms with Crippen LogP contribution in [0.5, 0.6) is 17.2 Å². The maximum atomic E-state index is 12.6. The zero-order chi connectivity index (χ0) is 33.0. The predicted octanol–water partition coefficient (Wildman–Crippen LogP) is 1.33. The summed E-state index contributed by atoms with van der Waals surface area (Å²) in [5, 5.41) is 52.4. The number of quaternary nitrogens is 1. The van der Waals surface area contributed by atoms with Gasteiger partial charge >= 0.3 is 0 Å². The lowest BCUT2D eigenvalue weighted by molar-refractivity contribution is -0.882. The molecule has 2 aromatic rings. The number of carbonyl (C=O) groups is 1. The van der Waals surface area contributed by atoms with E-state index in [0.29, 0.717) is 30.5 Å². The van der Waals surface area contributed by atoms with Gasteiger partial charge in [-0.25, -0.2) is 0 Å². The first-order valence-electron chi connectivity index (χ1n) is 15.8. The Morgan fingerprint density at radius 1 is 1.15 bits per heavy atom. The van der Waals surface area contributed by atoms with E-state index in [0.717, 1.165) is 39.3 Å². The maximum absolute atomic E-state index is 12.6. The van der Waals surface area contributed by atoms with E-state index in [9.17, 15) is 30.3 Å². The lowest BCUT2D eigenvalue weighted by atomic mass is 9.91. The number of benzene rings is 2. The number of Topliss-reactive ketones (excluding diaryl/α,β-unsaturated/α-hetero) is 1. The van der Waals surface area contributed by atoms with Gasteiger partial charge in [0.05, 0.1) is 23.9 Å². The van der Waals surface area contributed by atoms with Crippen LogP contribution in [0.25, 0.3) is 0 Å². The van der Waals surface area contributed by atoms with Crippen LogP contribution in [-0.4, -0.2) is 62.0 Å². The van der Waals surface area contributed by atoms with E-state index in [1.54, 1.807) is 12.1 Å². The number of phenolic OH excluding ortho intramolecular Hbond substituents is 2. The second-order valence-corrected chi connectivity index (χ2v) is 12.3. The van der Waals surface area contributed by atoms with Crippen LogP contribution in [0.3, 0.4) is 0 Å². The van der Waals surface area contributed by atoms with Gasteiger partial charge in [-0.05, 0) is 53.2 Å². The summed E-state index contributed by atoms with van der Waals surface area (Å²) in [6, 6.07) is 8.19. The number of aryl methyl sites for hydroxylation is 1. The molecule has 10 N–H and O–H groups in total. The Bertz CT molecular complexity index is 1620. The number of nitrogens with zero attached hydrogens (tertiary/aromatic N) is 1. The molecule has 0 amide bonds. The molecule has 0 aromatic heterocycles. The molecule has 2 bridgehead atoms.